The Kier molecular flexibility index (Phi) is 4.41. The largest absolute Gasteiger partial charge is 0.271 e. The van der Waals surface area contributed by atoms with Gasteiger partial charge in [0.2, 0.25) is 0 Å². The van der Waals surface area contributed by atoms with E-state index in [9.17, 15) is 4.39 Å². The summed E-state index contributed by atoms with van der Waals surface area (Å²) in [5, 5.41) is 0. The summed E-state index contributed by atoms with van der Waals surface area (Å²) < 4.78 is 14.9. The lowest BCUT2D eigenvalue weighted by atomic mass is 9.73. The third kappa shape index (κ3) is 2.46. The van der Waals surface area contributed by atoms with Crippen LogP contribution in [0.25, 0.3) is 0 Å². The van der Waals surface area contributed by atoms with Crippen LogP contribution in [0, 0.1) is 11.2 Å². The summed E-state index contributed by atoms with van der Waals surface area (Å²) in [7, 11) is 0. The van der Waals surface area contributed by atoms with Crippen LogP contribution in [-0.4, -0.2) is 0 Å². The SMILES string of the molecule is CCC1(C(NN)c2cc(Br)ccc2F)CCCC1. The minimum Gasteiger partial charge on any atom is -0.271 e. The van der Waals surface area contributed by atoms with Gasteiger partial charge in [0.1, 0.15) is 5.82 Å². The Labute approximate surface area is 116 Å². The molecule has 2 rings (SSSR count). The highest BCUT2D eigenvalue weighted by molar-refractivity contribution is 9.10. The van der Waals surface area contributed by atoms with Crippen LogP contribution >= 0.6 is 15.9 Å². The van der Waals surface area contributed by atoms with Crippen molar-refractivity contribution >= 4 is 15.9 Å². The Morgan fingerprint density at radius 1 is 1.44 bits per heavy atom. The lowest BCUT2D eigenvalue weighted by molar-refractivity contribution is 0.184. The van der Waals surface area contributed by atoms with Crippen molar-refractivity contribution in [3.63, 3.8) is 0 Å². The van der Waals surface area contributed by atoms with Crippen molar-refractivity contribution in [2.75, 3.05) is 0 Å². The van der Waals surface area contributed by atoms with Gasteiger partial charge in [-0.1, -0.05) is 35.7 Å². The zero-order valence-electron chi connectivity index (χ0n) is 10.7. The van der Waals surface area contributed by atoms with Gasteiger partial charge in [0.25, 0.3) is 0 Å². The van der Waals surface area contributed by atoms with Gasteiger partial charge in [0.05, 0.1) is 6.04 Å². The summed E-state index contributed by atoms with van der Waals surface area (Å²) in [6.07, 6.45) is 5.67. The maximum atomic E-state index is 14.1. The average Bonchev–Trinajstić information content (AvgIpc) is 2.84. The molecular weight excluding hydrogens is 295 g/mol. The zero-order valence-corrected chi connectivity index (χ0v) is 12.3. The van der Waals surface area contributed by atoms with Crippen molar-refractivity contribution in [3.8, 4) is 0 Å². The summed E-state index contributed by atoms with van der Waals surface area (Å²) in [6.45, 7) is 2.17. The second-order valence-corrected chi connectivity index (χ2v) is 6.10. The van der Waals surface area contributed by atoms with Crippen molar-refractivity contribution in [1.82, 2.24) is 5.43 Å². The molecule has 2 nitrogen and oxygen atoms in total. The van der Waals surface area contributed by atoms with Crippen molar-refractivity contribution in [1.29, 1.82) is 0 Å². The van der Waals surface area contributed by atoms with Gasteiger partial charge in [-0.25, -0.2) is 4.39 Å². The Balaban J connectivity index is 2.40. The summed E-state index contributed by atoms with van der Waals surface area (Å²) in [5.41, 5.74) is 3.63. The fraction of sp³-hybridized carbons (Fsp3) is 0.571. The molecule has 0 aliphatic heterocycles. The predicted molar refractivity (Wildman–Crippen MR) is 75.4 cm³/mol. The smallest absolute Gasteiger partial charge is 0.128 e. The molecule has 0 radical (unpaired) electrons. The third-order valence-electron chi connectivity index (χ3n) is 4.35. The van der Waals surface area contributed by atoms with Crippen molar-refractivity contribution in [3.05, 3.63) is 34.1 Å². The summed E-state index contributed by atoms with van der Waals surface area (Å²) in [4.78, 5) is 0. The molecule has 1 aliphatic rings. The first-order valence-electron chi connectivity index (χ1n) is 6.54. The second kappa shape index (κ2) is 5.68. The van der Waals surface area contributed by atoms with E-state index in [2.05, 4.69) is 28.3 Å². The quantitative estimate of drug-likeness (QED) is 0.649. The van der Waals surface area contributed by atoms with Crippen LogP contribution < -0.4 is 11.3 Å². The van der Waals surface area contributed by atoms with E-state index in [1.807, 2.05) is 6.07 Å². The number of benzene rings is 1. The van der Waals surface area contributed by atoms with E-state index >= 15 is 0 Å². The average molecular weight is 315 g/mol. The molecule has 0 aromatic heterocycles. The van der Waals surface area contributed by atoms with E-state index in [4.69, 9.17) is 5.84 Å². The molecule has 1 unspecified atom stereocenters. The molecule has 1 saturated carbocycles. The predicted octanol–water partition coefficient (Wildman–Crippen LogP) is 4.06. The van der Waals surface area contributed by atoms with Crippen LogP contribution in [0.2, 0.25) is 0 Å². The van der Waals surface area contributed by atoms with Gasteiger partial charge in [0, 0.05) is 10.0 Å². The maximum Gasteiger partial charge on any atom is 0.128 e. The maximum absolute atomic E-state index is 14.1. The van der Waals surface area contributed by atoms with Crippen LogP contribution in [0.5, 0.6) is 0 Å². The summed E-state index contributed by atoms with van der Waals surface area (Å²) >= 11 is 3.41. The van der Waals surface area contributed by atoms with E-state index in [1.165, 1.54) is 18.9 Å². The van der Waals surface area contributed by atoms with Gasteiger partial charge in [-0.15, -0.1) is 0 Å². The number of hydrazine groups is 1. The highest BCUT2D eigenvalue weighted by Gasteiger charge is 2.41. The molecule has 0 bridgehead atoms. The standard InChI is InChI=1S/C14H20BrFN2/c1-2-14(7-3-4-8-14)13(18-17)11-9-10(15)5-6-12(11)16/h5-6,9,13,18H,2-4,7-8,17H2,1H3. The molecule has 1 fully saturated rings. The van der Waals surface area contributed by atoms with Gasteiger partial charge in [-0.3, -0.25) is 11.3 Å². The van der Waals surface area contributed by atoms with E-state index in [0.717, 1.165) is 23.7 Å². The molecule has 1 aromatic carbocycles. The van der Waals surface area contributed by atoms with Gasteiger partial charge in [0.15, 0.2) is 0 Å². The first-order chi connectivity index (χ1) is 8.63. The molecule has 0 amide bonds. The molecule has 1 aromatic rings. The Morgan fingerprint density at radius 2 is 2.11 bits per heavy atom. The number of nitrogens with two attached hydrogens (primary N) is 1. The van der Waals surface area contributed by atoms with E-state index in [1.54, 1.807) is 6.07 Å². The number of rotatable bonds is 4. The summed E-state index contributed by atoms with van der Waals surface area (Å²) in [5.74, 6) is 5.55. The van der Waals surface area contributed by atoms with Crippen LogP contribution in [0.15, 0.2) is 22.7 Å². The number of nitrogens with one attached hydrogen (secondary N) is 1. The van der Waals surface area contributed by atoms with Crippen LogP contribution in [0.3, 0.4) is 0 Å². The number of halogens is 2. The summed E-state index contributed by atoms with van der Waals surface area (Å²) in [6, 6.07) is 4.96. The minimum atomic E-state index is -0.180. The minimum absolute atomic E-state index is 0.0936. The van der Waals surface area contributed by atoms with Crippen molar-refractivity contribution in [2.45, 2.75) is 45.1 Å². The van der Waals surface area contributed by atoms with E-state index in [-0.39, 0.29) is 17.3 Å². The molecular formula is C14H20BrFN2. The number of hydrogen-bond donors (Lipinski definition) is 2. The molecule has 1 atom stereocenters. The van der Waals surface area contributed by atoms with Gasteiger partial charge in [-0.05, 0) is 42.9 Å². The lowest BCUT2D eigenvalue weighted by Crippen LogP contribution is -2.40. The Hall–Kier alpha value is -0.450. The molecule has 0 spiro atoms. The lowest BCUT2D eigenvalue weighted by Gasteiger charge is -2.37. The highest BCUT2D eigenvalue weighted by Crippen LogP contribution is 2.50. The second-order valence-electron chi connectivity index (χ2n) is 5.19. The van der Waals surface area contributed by atoms with Gasteiger partial charge >= 0.3 is 0 Å². The van der Waals surface area contributed by atoms with Crippen LogP contribution in [-0.2, 0) is 0 Å². The van der Waals surface area contributed by atoms with Crippen LogP contribution in [0.1, 0.15) is 50.6 Å². The normalized spacial score (nSPS) is 20.0. The molecule has 4 heteroatoms. The molecule has 0 saturated heterocycles. The molecule has 3 N–H and O–H groups in total. The molecule has 18 heavy (non-hydrogen) atoms. The Bertz CT molecular complexity index is 416. The zero-order chi connectivity index (χ0) is 13.2. The van der Waals surface area contributed by atoms with Gasteiger partial charge in [-0.2, -0.15) is 0 Å². The fourth-order valence-corrected chi connectivity index (χ4v) is 3.64. The molecule has 0 heterocycles. The molecule has 1 aliphatic carbocycles. The van der Waals surface area contributed by atoms with E-state index < -0.39 is 0 Å². The van der Waals surface area contributed by atoms with Gasteiger partial charge < -0.3 is 0 Å². The van der Waals surface area contributed by atoms with E-state index in [0.29, 0.717) is 5.56 Å². The Morgan fingerprint density at radius 3 is 2.67 bits per heavy atom. The third-order valence-corrected chi connectivity index (χ3v) is 4.84. The topological polar surface area (TPSA) is 38.0 Å². The number of hydrogen-bond acceptors (Lipinski definition) is 2. The fourth-order valence-electron chi connectivity index (χ4n) is 3.26. The van der Waals surface area contributed by atoms with Crippen molar-refractivity contribution < 1.29 is 4.39 Å². The van der Waals surface area contributed by atoms with Crippen LogP contribution in [0.4, 0.5) is 4.39 Å². The first kappa shape index (κ1) is 14.0. The highest BCUT2D eigenvalue weighted by atomic mass is 79.9. The monoisotopic (exact) mass is 314 g/mol. The molecule has 100 valence electrons. The first-order valence-corrected chi connectivity index (χ1v) is 7.33. The van der Waals surface area contributed by atoms with Crippen molar-refractivity contribution in [2.24, 2.45) is 11.3 Å².